The molecule has 0 aromatic heterocycles. The summed E-state index contributed by atoms with van der Waals surface area (Å²) < 4.78 is 0. The van der Waals surface area contributed by atoms with E-state index in [1.54, 1.807) is 5.01 Å². The predicted molar refractivity (Wildman–Crippen MR) is 56.5 cm³/mol. The standard InChI is InChI=1S/C10H17N3O3/c1-11-2-4-12(5-3-11)13-7-8(10(15)16)6-9(13)14/h8H,2-7H2,1H3,(H,15,16). The number of likely N-dealkylation sites (N-methyl/N-ethyl adjacent to an activating group) is 1. The van der Waals surface area contributed by atoms with Crippen LogP contribution in [0.3, 0.4) is 0 Å². The van der Waals surface area contributed by atoms with Crippen LogP contribution in [0.2, 0.25) is 0 Å². The fraction of sp³-hybridized carbons (Fsp3) is 0.800. The second-order valence-electron chi connectivity index (χ2n) is 4.47. The Kier molecular flexibility index (Phi) is 3.11. The van der Waals surface area contributed by atoms with E-state index in [-0.39, 0.29) is 12.3 Å². The first-order chi connectivity index (χ1) is 7.58. The summed E-state index contributed by atoms with van der Waals surface area (Å²) in [6.45, 7) is 3.77. The molecular weight excluding hydrogens is 210 g/mol. The number of hydrogen-bond acceptors (Lipinski definition) is 4. The third kappa shape index (κ3) is 2.17. The van der Waals surface area contributed by atoms with Crippen molar-refractivity contribution < 1.29 is 14.7 Å². The van der Waals surface area contributed by atoms with Crippen LogP contribution in [-0.2, 0) is 9.59 Å². The lowest BCUT2D eigenvalue weighted by Crippen LogP contribution is -2.53. The molecule has 2 aliphatic rings. The van der Waals surface area contributed by atoms with Gasteiger partial charge >= 0.3 is 5.97 Å². The fourth-order valence-corrected chi connectivity index (χ4v) is 2.17. The Hall–Kier alpha value is -1.14. The van der Waals surface area contributed by atoms with Crippen LogP contribution in [0, 0.1) is 5.92 Å². The minimum atomic E-state index is -0.870. The van der Waals surface area contributed by atoms with E-state index in [4.69, 9.17) is 5.11 Å². The third-order valence-corrected chi connectivity index (χ3v) is 3.27. The SMILES string of the molecule is CN1CCN(N2CC(C(=O)O)CC2=O)CC1. The Bertz CT molecular complexity index is 300. The van der Waals surface area contributed by atoms with Gasteiger partial charge in [-0.2, -0.15) is 0 Å². The summed E-state index contributed by atoms with van der Waals surface area (Å²) in [6.07, 6.45) is 0.141. The van der Waals surface area contributed by atoms with Crippen molar-refractivity contribution in [2.24, 2.45) is 5.92 Å². The van der Waals surface area contributed by atoms with Crippen molar-refractivity contribution in [1.82, 2.24) is 14.9 Å². The maximum atomic E-state index is 11.7. The summed E-state index contributed by atoms with van der Waals surface area (Å²) in [5, 5.41) is 12.5. The van der Waals surface area contributed by atoms with E-state index in [0.717, 1.165) is 26.2 Å². The molecule has 0 saturated carbocycles. The number of hydrazine groups is 1. The quantitative estimate of drug-likeness (QED) is 0.661. The van der Waals surface area contributed by atoms with Crippen molar-refractivity contribution in [1.29, 1.82) is 0 Å². The average molecular weight is 227 g/mol. The highest BCUT2D eigenvalue weighted by atomic mass is 16.4. The Morgan fingerprint density at radius 3 is 2.44 bits per heavy atom. The van der Waals surface area contributed by atoms with Gasteiger partial charge in [0.2, 0.25) is 5.91 Å². The van der Waals surface area contributed by atoms with Crippen molar-refractivity contribution in [2.75, 3.05) is 39.8 Å². The number of carbonyl (C=O) groups excluding carboxylic acids is 1. The summed E-state index contributed by atoms with van der Waals surface area (Å²) in [5.74, 6) is -1.46. The van der Waals surface area contributed by atoms with Crippen LogP contribution in [0.4, 0.5) is 0 Å². The lowest BCUT2D eigenvalue weighted by molar-refractivity contribution is -0.146. The van der Waals surface area contributed by atoms with Gasteiger partial charge < -0.3 is 10.0 Å². The maximum Gasteiger partial charge on any atom is 0.308 e. The molecule has 0 spiro atoms. The number of rotatable bonds is 2. The van der Waals surface area contributed by atoms with E-state index in [1.165, 1.54) is 0 Å². The normalized spacial score (nSPS) is 28.7. The zero-order chi connectivity index (χ0) is 11.7. The predicted octanol–water partition coefficient (Wildman–Crippen LogP) is -0.918. The van der Waals surface area contributed by atoms with Crippen molar-refractivity contribution in [2.45, 2.75) is 6.42 Å². The molecule has 6 heteroatoms. The van der Waals surface area contributed by atoms with Gasteiger partial charge in [0, 0.05) is 32.6 Å². The summed E-state index contributed by atoms with van der Waals surface area (Å²) in [7, 11) is 2.04. The Morgan fingerprint density at radius 2 is 1.94 bits per heavy atom. The second kappa shape index (κ2) is 4.39. The molecule has 2 heterocycles. The van der Waals surface area contributed by atoms with Gasteiger partial charge in [-0.1, -0.05) is 0 Å². The second-order valence-corrected chi connectivity index (χ2v) is 4.47. The molecule has 2 rings (SSSR count). The Morgan fingerprint density at radius 1 is 1.31 bits per heavy atom. The molecule has 0 radical (unpaired) electrons. The lowest BCUT2D eigenvalue weighted by atomic mass is 10.1. The molecule has 2 saturated heterocycles. The van der Waals surface area contributed by atoms with E-state index in [9.17, 15) is 9.59 Å². The van der Waals surface area contributed by atoms with Crippen LogP contribution >= 0.6 is 0 Å². The molecule has 6 nitrogen and oxygen atoms in total. The first kappa shape index (κ1) is 11.3. The maximum absolute atomic E-state index is 11.7. The number of carbonyl (C=O) groups is 2. The summed E-state index contributed by atoms with van der Waals surface area (Å²) in [6, 6.07) is 0. The van der Waals surface area contributed by atoms with Crippen molar-refractivity contribution in [3.63, 3.8) is 0 Å². The molecule has 16 heavy (non-hydrogen) atoms. The number of carboxylic acid groups (broad SMARTS) is 1. The molecule has 1 unspecified atom stereocenters. The summed E-state index contributed by atoms with van der Waals surface area (Å²) >= 11 is 0. The number of carboxylic acids is 1. The highest BCUT2D eigenvalue weighted by molar-refractivity contribution is 5.85. The van der Waals surface area contributed by atoms with Crippen LogP contribution in [0.1, 0.15) is 6.42 Å². The average Bonchev–Trinajstić information content (AvgIpc) is 2.62. The van der Waals surface area contributed by atoms with Gasteiger partial charge in [-0.3, -0.25) is 14.6 Å². The molecular formula is C10H17N3O3. The number of nitrogens with zero attached hydrogens (tertiary/aromatic N) is 3. The number of hydrogen-bond donors (Lipinski definition) is 1. The van der Waals surface area contributed by atoms with Crippen LogP contribution in [0.5, 0.6) is 0 Å². The van der Waals surface area contributed by atoms with Crippen molar-refractivity contribution in [3.05, 3.63) is 0 Å². The molecule has 1 N–H and O–H groups in total. The van der Waals surface area contributed by atoms with Gasteiger partial charge in [0.25, 0.3) is 0 Å². The van der Waals surface area contributed by atoms with Gasteiger partial charge in [-0.05, 0) is 7.05 Å². The Labute approximate surface area is 94.4 Å². The van der Waals surface area contributed by atoms with E-state index >= 15 is 0 Å². The minimum Gasteiger partial charge on any atom is -0.481 e. The van der Waals surface area contributed by atoms with E-state index in [2.05, 4.69) is 4.90 Å². The molecule has 0 bridgehead atoms. The summed E-state index contributed by atoms with van der Waals surface area (Å²) in [5.41, 5.74) is 0. The fourth-order valence-electron chi connectivity index (χ4n) is 2.17. The molecule has 0 aromatic rings. The van der Waals surface area contributed by atoms with Crippen molar-refractivity contribution in [3.8, 4) is 0 Å². The van der Waals surface area contributed by atoms with Gasteiger partial charge in [0.05, 0.1) is 12.5 Å². The van der Waals surface area contributed by atoms with E-state index < -0.39 is 11.9 Å². The van der Waals surface area contributed by atoms with Crippen LogP contribution in [0.15, 0.2) is 0 Å². The van der Waals surface area contributed by atoms with Gasteiger partial charge in [0.1, 0.15) is 0 Å². The first-order valence-electron chi connectivity index (χ1n) is 5.54. The number of amides is 1. The lowest BCUT2D eigenvalue weighted by Gasteiger charge is -2.38. The largest absolute Gasteiger partial charge is 0.481 e. The zero-order valence-electron chi connectivity index (χ0n) is 9.43. The highest BCUT2D eigenvalue weighted by Crippen LogP contribution is 2.20. The molecule has 0 aromatic carbocycles. The van der Waals surface area contributed by atoms with Crippen LogP contribution in [-0.4, -0.2) is 71.7 Å². The van der Waals surface area contributed by atoms with Gasteiger partial charge in [-0.15, -0.1) is 0 Å². The first-order valence-corrected chi connectivity index (χ1v) is 5.54. The van der Waals surface area contributed by atoms with E-state index in [0.29, 0.717) is 6.54 Å². The molecule has 2 fully saturated rings. The van der Waals surface area contributed by atoms with Gasteiger partial charge in [0.15, 0.2) is 0 Å². The van der Waals surface area contributed by atoms with Crippen molar-refractivity contribution >= 4 is 11.9 Å². The smallest absolute Gasteiger partial charge is 0.308 e. The number of aliphatic carboxylic acids is 1. The molecule has 1 amide bonds. The van der Waals surface area contributed by atoms with Crippen LogP contribution < -0.4 is 0 Å². The Balaban J connectivity index is 1.95. The zero-order valence-corrected chi connectivity index (χ0v) is 9.43. The topological polar surface area (TPSA) is 64.1 Å². The molecule has 0 aliphatic carbocycles. The van der Waals surface area contributed by atoms with E-state index in [1.807, 2.05) is 12.1 Å². The summed E-state index contributed by atoms with van der Waals surface area (Å²) in [4.78, 5) is 24.7. The van der Waals surface area contributed by atoms with Crippen LogP contribution in [0.25, 0.3) is 0 Å². The molecule has 90 valence electrons. The minimum absolute atomic E-state index is 0.0584. The molecule has 2 aliphatic heterocycles. The molecule has 1 atom stereocenters. The highest BCUT2D eigenvalue weighted by Gasteiger charge is 2.37. The van der Waals surface area contributed by atoms with Gasteiger partial charge in [-0.25, -0.2) is 5.01 Å². The number of piperazine rings is 1. The third-order valence-electron chi connectivity index (χ3n) is 3.27. The monoisotopic (exact) mass is 227 g/mol.